The highest BCUT2D eigenvalue weighted by Gasteiger charge is 2.42. The van der Waals surface area contributed by atoms with E-state index in [-0.39, 0.29) is 42.0 Å². The Balaban J connectivity index is 1.38. The normalized spacial score (nSPS) is 27.9. The molecular formula is C25H36N8O2. The summed E-state index contributed by atoms with van der Waals surface area (Å²) in [4.78, 5) is 20.5. The fraction of sp³-hybridized carbons (Fsp3) is 0.680. The molecule has 3 aliphatic heterocycles. The molecule has 4 unspecified atom stereocenters. The van der Waals surface area contributed by atoms with E-state index in [0.717, 1.165) is 38.2 Å². The lowest BCUT2D eigenvalue weighted by Gasteiger charge is -2.49. The predicted molar refractivity (Wildman–Crippen MR) is 132 cm³/mol. The third kappa shape index (κ3) is 4.99. The van der Waals surface area contributed by atoms with Gasteiger partial charge in [-0.2, -0.15) is 5.26 Å². The van der Waals surface area contributed by atoms with Crippen LogP contribution < -0.4 is 16.4 Å². The lowest BCUT2D eigenvalue weighted by Crippen LogP contribution is -2.63. The van der Waals surface area contributed by atoms with Crippen molar-refractivity contribution in [3.05, 3.63) is 23.5 Å². The second-order valence-electron chi connectivity index (χ2n) is 10.2. The fourth-order valence-corrected chi connectivity index (χ4v) is 5.90. The van der Waals surface area contributed by atoms with Crippen molar-refractivity contribution in [2.45, 2.75) is 76.2 Å². The third-order valence-electron chi connectivity index (χ3n) is 7.90. The molecular weight excluding hydrogens is 444 g/mol. The summed E-state index contributed by atoms with van der Waals surface area (Å²) in [6.45, 7) is 5.86. The summed E-state index contributed by atoms with van der Waals surface area (Å²) in [5, 5.41) is 19.8. The summed E-state index contributed by atoms with van der Waals surface area (Å²) in [5.74, 6) is 0.524. The van der Waals surface area contributed by atoms with Gasteiger partial charge in [0.15, 0.2) is 11.5 Å². The molecule has 4 N–H and O–H groups in total. The molecule has 2 aromatic heterocycles. The van der Waals surface area contributed by atoms with Gasteiger partial charge < -0.3 is 21.1 Å². The predicted octanol–water partition coefficient (Wildman–Crippen LogP) is 1.51. The molecule has 0 radical (unpaired) electrons. The van der Waals surface area contributed by atoms with Crippen LogP contribution in [0.1, 0.15) is 61.4 Å². The zero-order valence-corrected chi connectivity index (χ0v) is 20.4. The van der Waals surface area contributed by atoms with Crippen molar-refractivity contribution in [2.75, 3.05) is 31.9 Å². The van der Waals surface area contributed by atoms with Crippen molar-refractivity contribution in [2.24, 2.45) is 5.92 Å². The highest BCUT2D eigenvalue weighted by Crippen LogP contribution is 2.33. The minimum absolute atomic E-state index is 0.0426. The number of nitrogen functional groups attached to an aromatic ring is 1. The Hall–Kier alpha value is -2.74. The number of rotatable bonds is 6. The van der Waals surface area contributed by atoms with Gasteiger partial charge in [0.2, 0.25) is 0 Å². The SMILES string of the molecule is CCC1CCCCCN2CC(NC(=O)c3c(N)nn4cc(CC#N)cnc34)C(OC3CNC3)CC12. The first-order valence-electron chi connectivity index (χ1n) is 13.0. The maximum atomic E-state index is 13.5. The van der Waals surface area contributed by atoms with Gasteiger partial charge in [0, 0.05) is 43.6 Å². The van der Waals surface area contributed by atoms with Gasteiger partial charge in [-0.3, -0.25) is 9.69 Å². The van der Waals surface area contributed by atoms with Crippen LogP contribution in [0.15, 0.2) is 12.4 Å². The minimum atomic E-state index is -0.277. The van der Waals surface area contributed by atoms with Crippen LogP contribution in [0.4, 0.5) is 5.82 Å². The number of anilines is 1. The van der Waals surface area contributed by atoms with Gasteiger partial charge in [0.05, 0.1) is 30.7 Å². The molecule has 2 aromatic rings. The molecule has 1 amide bonds. The Morgan fingerprint density at radius 2 is 2.23 bits per heavy atom. The molecule has 188 valence electrons. The highest BCUT2D eigenvalue weighted by molar-refractivity contribution is 6.04. The molecule has 35 heavy (non-hydrogen) atoms. The molecule has 3 saturated heterocycles. The number of piperidine rings is 1. The van der Waals surface area contributed by atoms with Crippen molar-refractivity contribution in [1.29, 1.82) is 5.26 Å². The Labute approximate surface area is 206 Å². The van der Waals surface area contributed by atoms with E-state index in [1.807, 2.05) is 0 Å². The molecule has 10 heteroatoms. The second kappa shape index (κ2) is 10.5. The average molecular weight is 481 g/mol. The van der Waals surface area contributed by atoms with E-state index in [2.05, 4.69) is 38.6 Å². The van der Waals surface area contributed by atoms with E-state index < -0.39 is 0 Å². The standard InChI is InChI=1S/C25H36N8O2/c1-2-17-6-4-3-5-9-32-15-19(21(10-20(17)32)35-18-12-28-13-18)30-25(34)22-23(27)31-33-14-16(7-8-26)11-29-24(22)33/h11,14,17-21,28H,2-7,9-10,12-13,15H2,1H3,(H2,27,31)(H,30,34). The van der Waals surface area contributed by atoms with Gasteiger partial charge in [-0.25, -0.2) is 9.50 Å². The van der Waals surface area contributed by atoms with Crippen LogP contribution in [0.3, 0.4) is 0 Å². The minimum Gasteiger partial charge on any atom is -0.381 e. The average Bonchev–Trinajstić information content (AvgIpc) is 3.13. The van der Waals surface area contributed by atoms with Gasteiger partial charge >= 0.3 is 0 Å². The smallest absolute Gasteiger partial charge is 0.259 e. The molecule has 10 nitrogen and oxygen atoms in total. The molecule has 0 spiro atoms. The van der Waals surface area contributed by atoms with Gasteiger partial charge in [0.1, 0.15) is 5.56 Å². The summed E-state index contributed by atoms with van der Waals surface area (Å²) in [6, 6.07) is 2.46. The number of aromatic nitrogens is 3. The quantitative estimate of drug-likeness (QED) is 0.567. The first-order chi connectivity index (χ1) is 17.1. The molecule has 3 aliphatic rings. The number of ether oxygens (including phenoxy) is 1. The zero-order chi connectivity index (χ0) is 24.4. The molecule has 0 aliphatic carbocycles. The van der Waals surface area contributed by atoms with Gasteiger partial charge in [-0.1, -0.05) is 26.2 Å². The van der Waals surface area contributed by atoms with Crippen molar-refractivity contribution in [3.63, 3.8) is 0 Å². The zero-order valence-electron chi connectivity index (χ0n) is 20.4. The molecule has 3 fully saturated rings. The number of fused-ring (bicyclic) bond motifs is 2. The first-order valence-corrected chi connectivity index (χ1v) is 13.0. The maximum Gasteiger partial charge on any atom is 0.259 e. The number of amides is 1. The Bertz CT molecular complexity index is 1090. The van der Waals surface area contributed by atoms with Crippen LogP contribution in [-0.4, -0.2) is 75.9 Å². The van der Waals surface area contributed by atoms with E-state index in [9.17, 15) is 4.79 Å². The summed E-state index contributed by atoms with van der Waals surface area (Å²) < 4.78 is 8.02. The molecule has 5 rings (SSSR count). The fourth-order valence-electron chi connectivity index (χ4n) is 5.90. The van der Waals surface area contributed by atoms with Crippen molar-refractivity contribution in [1.82, 2.24) is 30.1 Å². The molecule has 4 atom stereocenters. The first kappa shape index (κ1) is 24.0. The van der Waals surface area contributed by atoms with Crippen molar-refractivity contribution >= 4 is 17.4 Å². The molecule has 0 aromatic carbocycles. The van der Waals surface area contributed by atoms with Gasteiger partial charge in [-0.05, 0) is 31.7 Å². The molecule has 5 heterocycles. The number of nitrogens with one attached hydrogen (secondary N) is 2. The molecule has 0 saturated carbocycles. The van der Waals surface area contributed by atoms with Crippen LogP contribution in [0, 0.1) is 17.2 Å². The van der Waals surface area contributed by atoms with Crippen LogP contribution in [0.25, 0.3) is 5.65 Å². The largest absolute Gasteiger partial charge is 0.381 e. The van der Waals surface area contributed by atoms with Crippen molar-refractivity contribution < 1.29 is 9.53 Å². The second-order valence-corrected chi connectivity index (χ2v) is 10.2. The number of carbonyl (C=O) groups excluding carboxylic acids is 1. The van der Waals surface area contributed by atoms with E-state index in [4.69, 9.17) is 15.7 Å². The van der Waals surface area contributed by atoms with Crippen LogP contribution in [-0.2, 0) is 11.2 Å². The van der Waals surface area contributed by atoms with Crippen LogP contribution in [0.5, 0.6) is 0 Å². The monoisotopic (exact) mass is 480 g/mol. The van der Waals surface area contributed by atoms with Crippen LogP contribution >= 0.6 is 0 Å². The number of hydrogen-bond donors (Lipinski definition) is 3. The topological polar surface area (TPSA) is 134 Å². The summed E-state index contributed by atoms with van der Waals surface area (Å²) >= 11 is 0. The van der Waals surface area contributed by atoms with Gasteiger partial charge in [0.25, 0.3) is 5.91 Å². The Kier molecular flexibility index (Phi) is 7.18. The lowest BCUT2D eigenvalue weighted by atomic mass is 9.81. The highest BCUT2D eigenvalue weighted by atomic mass is 16.5. The lowest BCUT2D eigenvalue weighted by molar-refractivity contribution is -0.0980. The summed E-state index contributed by atoms with van der Waals surface area (Å²) in [7, 11) is 0. The number of nitriles is 1. The molecule has 0 bridgehead atoms. The Morgan fingerprint density at radius 1 is 1.37 bits per heavy atom. The summed E-state index contributed by atoms with van der Waals surface area (Å²) in [6.07, 6.45) is 10.8. The third-order valence-corrected chi connectivity index (χ3v) is 7.90. The van der Waals surface area contributed by atoms with E-state index in [0.29, 0.717) is 17.6 Å². The van der Waals surface area contributed by atoms with Gasteiger partial charge in [-0.15, -0.1) is 5.10 Å². The number of nitrogens with two attached hydrogens (primary N) is 1. The van der Waals surface area contributed by atoms with Crippen LogP contribution in [0.2, 0.25) is 0 Å². The van der Waals surface area contributed by atoms with E-state index >= 15 is 0 Å². The number of hydrogen-bond acceptors (Lipinski definition) is 8. The number of nitrogens with zero attached hydrogens (tertiary/aromatic N) is 5. The van der Waals surface area contributed by atoms with E-state index in [1.54, 1.807) is 12.4 Å². The maximum absolute atomic E-state index is 13.5. The number of carbonyl (C=O) groups is 1. The Morgan fingerprint density at radius 3 is 2.97 bits per heavy atom. The summed E-state index contributed by atoms with van der Waals surface area (Å²) in [5.41, 5.74) is 7.56. The van der Waals surface area contributed by atoms with E-state index in [1.165, 1.54) is 36.6 Å². The van der Waals surface area contributed by atoms with Crippen molar-refractivity contribution in [3.8, 4) is 6.07 Å².